The summed E-state index contributed by atoms with van der Waals surface area (Å²) in [5.74, 6) is -2.55. The van der Waals surface area contributed by atoms with E-state index in [9.17, 15) is 17.2 Å². The number of sulfonamides is 1. The molecule has 1 heterocycles. The van der Waals surface area contributed by atoms with Crippen LogP contribution >= 0.6 is 11.6 Å². The van der Waals surface area contributed by atoms with E-state index in [0.717, 1.165) is 0 Å². The lowest BCUT2D eigenvalue weighted by Crippen LogP contribution is -2.14. The van der Waals surface area contributed by atoms with Crippen molar-refractivity contribution in [3.8, 4) is 11.8 Å². The Kier molecular flexibility index (Phi) is 4.71. The van der Waals surface area contributed by atoms with Crippen LogP contribution in [0.5, 0.6) is 5.75 Å². The molecule has 3 rings (SSSR count). The fourth-order valence-corrected chi connectivity index (χ4v) is 3.73. The Morgan fingerprint density at radius 2 is 2.00 bits per heavy atom. The highest BCUT2D eigenvalue weighted by Crippen LogP contribution is 2.30. The number of hydrogen-bond donors (Lipinski definition) is 2. The van der Waals surface area contributed by atoms with Crippen LogP contribution in [0.3, 0.4) is 0 Å². The number of anilines is 1. The zero-order chi connectivity index (χ0) is 18.9. The summed E-state index contributed by atoms with van der Waals surface area (Å²) in [6.07, 6.45) is 1.22. The van der Waals surface area contributed by atoms with Gasteiger partial charge in [-0.25, -0.2) is 17.2 Å². The van der Waals surface area contributed by atoms with E-state index in [1.165, 1.54) is 24.4 Å². The number of nitrogens with zero attached hydrogens (tertiary/aromatic N) is 1. The second kappa shape index (κ2) is 6.82. The van der Waals surface area contributed by atoms with Gasteiger partial charge >= 0.3 is 0 Å². The van der Waals surface area contributed by atoms with Crippen LogP contribution in [0.15, 0.2) is 41.4 Å². The van der Waals surface area contributed by atoms with Crippen molar-refractivity contribution in [1.29, 1.82) is 5.26 Å². The fourth-order valence-electron chi connectivity index (χ4n) is 2.32. The number of H-pyrrole nitrogens is 1. The van der Waals surface area contributed by atoms with Gasteiger partial charge in [0.25, 0.3) is 10.0 Å². The molecule has 2 aromatic carbocycles. The molecule has 0 spiro atoms. The lowest BCUT2D eigenvalue weighted by molar-refractivity contribution is 0.344. The molecule has 0 radical (unpaired) electrons. The average Bonchev–Trinajstić information content (AvgIpc) is 3.00. The maximum absolute atomic E-state index is 14.1. The quantitative estimate of drug-likeness (QED) is 0.684. The number of benzene rings is 2. The minimum absolute atomic E-state index is 0.145. The van der Waals surface area contributed by atoms with Gasteiger partial charge in [-0.2, -0.15) is 5.26 Å². The van der Waals surface area contributed by atoms with Crippen molar-refractivity contribution < 1.29 is 21.9 Å². The predicted molar refractivity (Wildman–Crippen MR) is 91.6 cm³/mol. The topological polar surface area (TPSA) is 95.0 Å². The molecule has 0 aliphatic rings. The Morgan fingerprint density at radius 1 is 1.23 bits per heavy atom. The Bertz CT molecular complexity index is 1140. The van der Waals surface area contributed by atoms with E-state index in [2.05, 4.69) is 4.98 Å². The predicted octanol–water partition coefficient (Wildman–Crippen LogP) is 3.80. The van der Waals surface area contributed by atoms with Crippen molar-refractivity contribution in [1.82, 2.24) is 4.98 Å². The van der Waals surface area contributed by atoms with E-state index in [0.29, 0.717) is 28.1 Å². The Balaban J connectivity index is 1.97. The van der Waals surface area contributed by atoms with Crippen LogP contribution in [0.25, 0.3) is 10.9 Å². The molecule has 0 amide bonds. The van der Waals surface area contributed by atoms with E-state index < -0.39 is 39.7 Å². The normalized spacial score (nSPS) is 11.3. The van der Waals surface area contributed by atoms with Crippen molar-refractivity contribution in [2.24, 2.45) is 0 Å². The molecule has 10 heteroatoms. The summed E-state index contributed by atoms with van der Waals surface area (Å²) < 4.78 is 59.9. The number of ether oxygens (including phenoxy) is 1. The first-order valence-electron chi connectivity index (χ1n) is 7.10. The summed E-state index contributed by atoms with van der Waals surface area (Å²) >= 11 is 5.85. The van der Waals surface area contributed by atoms with E-state index in [-0.39, 0.29) is 4.90 Å². The Hall–Kier alpha value is -2.83. The highest BCUT2D eigenvalue weighted by molar-refractivity contribution is 7.93. The number of halogens is 3. The van der Waals surface area contributed by atoms with Gasteiger partial charge in [0.05, 0.1) is 5.69 Å². The van der Waals surface area contributed by atoms with Gasteiger partial charge in [-0.1, -0.05) is 11.6 Å². The molecule has 0 fully saturated rings. The van der Waals surface area contributed by atoms with Crippen molar-refractivity contribution >= 4 is 38.2 Å². The molecule has 3 aromatic rings. The average molecular weight is 398 g/mol. The number of nitriles is 1. The number of nitrogens with one attached hydrogen (secondary N) is 2. The van der Waals surface area contributed by atoms with Crippen LogP contribution in [0.1, 0.15) is 0 Å². The first kappa shape index (κ1) is 18.0. The molecule has 1 aromatic heterocycles. The number of hydrogen-bond acceptors (Lipinski definition) is 4. The van der Waals surface area contributed by atoms with Crippen LogP contribution in [-0.2, 0) is 10.0 Å². The third-order valence-corrected chi connectivity index (χ3v) is 5.09. The van der Waals surface area contributed by atoms with Crippen LogP contribution < -0.4 is 9.46 Å². The third kappa shape index (κ3) is 3.42. The van der Waals surface area contributed by atoms with Gasteiger partial charge in [0, 0.05) is 34.3 Å². The second-order valence-corrected chi connectivity index (χ2v) is 7.24. The standard InChI is InChI=1S/C16H10ClF2N3O3S/c17-9-1-2-10-13(5-9)21-8-16(10)26(23,24)22-14-6-12(19)15(7-11(14)18)25-4-3-20/h1-2,5-8,21-22H,4H2. The van der Waals surface area contributed by atoms with E-state index in [4.69, 9.17) is 21.6 Å². The molecule has 26 heavy (non-hydrogen) atoms. The molecule has 0 unspecified atom stereocenters. The Labute approximate surface area is 152 Å². The minimum Gasteiger partial charge on any atom is -0.476 e. The monoisotopic (exact) mass is 397 g/mol. The summed E-state index contributed by atoms with van der Waals surface area (Å²) in [6, 6.07) is 7.48. The van der Waals surface area contributed by atoms with Gasteiger partial charge in [0.15, 0.2) is 24.0 Å². The van der Waals surface area contributed by atoms with Crippen LogP contribution in [-0.4, -0.2) is 20.0 Å². The number of rotatable bonds is 5. The molecular formula is C16H10ClF2N3O3S. The minimum atomic E-state index is -4.20. The molecule has 6 nitrogen and oxygen atoms in total. The molecular weight excluding hydrogens is 388 g/mol. The molecule has 0 atom stereocenters. The van der Waals surface area contributed by atoms with Crippen molar-refractivity contribution in [3.05, 3.63) is 53.2 Å². The van der Waals surface area contributed by atoms with Crippen LogP contribution in [0.2, 0.25) is 5.02 Å². The molecule has 0 saturated carbocycles. The summed E-state index contributed by atoms with van der Waals surface area (Å²) in [6.45, 7) is -0.473. The van der Waals surface area contributed by atoms with E-state index >= 15 is 0 Å². The maximum atomic E-state index is 14.1. The lowest BCUT2D eigenvalue weighted by atomic mass is 10.2. The van der Waals surface area contributed by atoms with Gasteiger partial charge in [-0.3, -0.25) is 4.72 Å². The summed E-state index contributed by atoms with van der Waals surface area (Å²) in [7, 11) is -4.20. The Morgan fingerprint density at radius 3 is 2.73 bits per heavy atom. The van der Waals surface area contributed by atoms with Gasteiger partial charge in [0.1, 0.15) is 11.0 Å². The first-order valence-corrected chi connectivity index (χ1v) is 8.96. The smallest absolute Gasteiger partial charge is 0.264 e. The summed E-state index contributed by atoms with van der Waals surface area (Å²) in [5.41, 5.74) is -0.111. The summed E-state index contributed by atoms with van der Waals surface area (Å²) in [4.78, 5) is 2.61. The number of fused-ring (bicyclic) bond motifs is 1. The molecule has 0 saturated heterocycles. The van der Waals surface area contributed by atoms with Crippen LogP contribution in [0, 0.1) is 23.0 Å². The summed E-state index contributed by atoms with van der Waals surface area (Å²) in [5, 5.41) is 9.17. The zero-order valence-corrected chi connectivity index (χ0v) is 14.5. The van der Waals surface area contributed by atoms with Crippen molar-refractivity contribution in [3.63, 3.8) is 0 Å². The van der Waals surface area contributed by atoms with Gasteiger partial charge < -0.3 is 9.72 Å². The molecule has 0 bridgehead atoms. The van der Waals surface area contributed by atoms with Gasteiger partial charge in [-0.05, 0) is 18.2 Å². The number of aromatic nitrogens is 1. The highest BCUT2D eigenvalue weighted by atomic mass is 35.5. The molecule has 0 aliphatic carbocycles. The lowest BCUT2D eigenvalue weighted by Gasteiger charge is -2.10. The van der Waals surface area contributed by atoms with Crippen molar-refractivity contribution in [2.45, 2.75) is 4.90 Å². The van der Waals surface area contributed by atoms with E-state index in [1.807, 2.05) is 4.72 Å². The molecule has 0 aliphatic heterocycles. The largest absolute Gasteiger partial charge is 0.476 e. The highest BCUT2D eigenvalue weighted by Gasteiger charge is 2.22. The molecule has 2 N–H and O–H groups in total. The second-order valence-electron chi connectivity index (χ2n) is 5.16. The number of aromatic amines is 1. The fraction of sp³-hybridized carbons (Fsp3) is 0.0625. The first-order chi connectivity index (χ1) is 12.3. The van der Waals surface area contributed by atoms with E-state index in [1.54, 1.807) is 6.07 Å². The molecule has 134 valence electrons. The maximum Gasteiger partial charge on any atom is 0.264 e. The zero-order valence-electron chi connectivity index (χ0n) is 12.9. The van der Waals surface area contributed by atoms with Crippen molar-refractivity contribution in [2.75, 3.05) is 11.3 Å². The van der Waals surface area contributed by atoms with Gasteiger partial charge in [-0.15, -0.1) is 0 Å². The third-order valence-electron chi connectivity index (χ3n) is 3.45. The van der Waals surface area contributed by atoms with Crippen LogP contribution in [0.4, 0.5) is 14.5 Å². The van der Waals surface area contributed by atoms with Gasteiger partial charge in [0.2, 0.25) is 0 Å². The SMILES string of the molecule is N#CCOc1cc(F)c(NS(=O)(=O)c2c[nH]c3cc(Cl)ccc23)cc1F.